The lowest BCUT2D eigenvalue weighted by Crippen LogP contribution is -2.38. The summed E-state index contributed by atoms with van der Waals surface area (Å²) < 4.78 is 5.40. The number of phenolic OH excluding ortho intramolecular Hbond substituents is 1. The molecule has 4 nitrogen and oxygen atoms in total. The second-order valence-electron chi connectivity index (χ2n) is 6.21. The number of likely N-dealkylation sites (tertiary alicyclic amines) is 1. The van der Waals surface area contributed by atoms with Crippen molar-refractivity contribution in [2.24, 2.45) is 5.41 Å². The predicted molar refractivity (Wildman–Crippen MR) is 79.1 cm³/mol. The number of nitrogens with one attached hydrogen (secondary N) is 1. The first-order valence-corrected chi connectivity index (χ1v) is 7.50. The lowest BCUT2D eigenvalue weighted by atomic mass is 9.78. The van der Waals surface area contributed by atoms with E-state index in [2.05, 4.69) is 10.2 Å². The molecule has 2 fully saturated rings. The Hall–Kier alpha value is -1.26. The van der Waals surface area contributed by atoms with Crippen molar-refractivity contribution in [2.75, 3.05) is 33.3 Å². The average Bonchev–Trinajstić information content (AvgIpc) is 2.82. The highest BCUT2D eigenvalue weighted by Crippen LogP contribution is 2.39. The molecule has 0 saturated carbocycles. The number of rotatable bonds is 3. The summed E-state index contributed by atoms with van der Waals surface area (Å²) in [6.07, 6.45) is 3.89. The van der Waals surface area contributed by atoms with Gasteiger partial charge in [0.2, 0.25) is 0 Å². The number of ether oxygens (including phenoxy) is 1. The average molecular weight is 276 g/mol. The van der Waals surface area contributed by atoms with E-state index in [0.29, 0.717) is 11.2 Å². The van der Waals surface area contributed by atoms with E-state index < -0.39 is 0 Å². The minimum absolute atomic E-state index is 0.316. The van der Waals surface area contributed by atoms with Crippen molar-refractivity contribution in [3.05, 3.63) is 23.8 Å². The van der Waals surface area contributed by atoms with E-state index in [1.807, 2.05) is 12.1 Å². The Morgan fingerprint density at radius 2 is 2.10 bits per heavy atom. The van der Waals surface area contributed by atoms with Crippen molar-refractivity contribution in [2.45, 2.75) is 25.8 Å². The standard InChI is InChI=1S/C16H24N2O2/c1-20-15-3-2-14(19)10-13(15)11-18-9-6-16(12-18)4-7-17-8-5-16/h2-3,10,17,19H,4-9,11-12H2,1H3. The van der Waals surface area contributed by atoms with Gasteiger partial charge in [-0.3, -0.25) is 4.90 Å². The van der Waals surface area contributed by atoms with Crippen LogP contribution < -0.4 is 10.1 Å². The van der Waals surface area contributed by atoms with Crippen molar-refractivity contribution in [3.63, 3.8) is 0 Å². The van der Waals surface area contributed by atoms with Gasteiger partial charge in [-0.1, -0.05) is 0 Å². The van der Waals surface area contributed by atoms with Gasteiger partial charge >= 0.3 is 0 Å². The molecule has 1 spiro atoms. The Bertz CT molecular complexity index is 470. The molecule has 2 aliphatic rings. The summed E-state index contributed by atoms with van der Waals surface area (Å²) in [5, 5.41) is 13.1. The molecular formula is C16H24N2O2. The van der Waals surface area contributed by atoms with Crippen LogP contribution >= 0.6 is 0 Å². The van der Waals surface area contributed by atoms with Crippen LogP contribution in [0.3, 0.4) is 0 Å². The van der Waals surface area contributed by atoms with E-state index in [1.165, 1.54) is 25.8 Å². The third-order valence-electron chi connectivity index (χ3n) is 4.84. The van der Waals surface area contributed by atoms with Crippen molar-refractivity contribution in [1.29, 1.82) is 0 Å². The minimum atomic E-state index is 0.316. The zero-order valence-electron chi connectivity index (χ0n) is 12.2. The zero-order chi connectivity index (χ0) is 14.0. The predicted octanol–water partition coefficient (Wildman–Crippen LogP) is 1.98. The van der Waals surface area contributed by atoms with Crippen molar-refractivity contribution >= 4 is 0 Å². The van der Waals surface area contributed by atoms with Crippen LogP contribution in [0.1, 0.15) is 24.8 Å². The van der Waals surface area contributed by atoms with Crippen LogP contribution in [0.4, 0.5) is 0 Å². The number of piperidine rings is 1. The second kappa shape index (κ2) is 5.62. The largest absolute Gasteiger partial charge is 0.508 e. The SMILES string of the molecule is COc1ccc(O)cc1CN1CCC2(CCNCC2)C1. The Kier molecular flexibility index (Phi) is 3.85. The lowest BCUT2D eigenvalue weighted by molar-refractivity contribution is 0.193. The van der Waals surface area contributed by atoms with Crippen LogP contribution in [0.25, 0.3) is 0 Å². The number of hydrogen-bond acceptors (Lipinski definition) is 4. The fraction of sp³-hybridized carbons (Fsp3) is 0.625. The first-order chi connectivity index (χ1) is 9.71. The van der Waals surface area contributed by atoms with Crippen LogP contribution in [-0.4, -0.2) is 43.3 Å². The van der Waals surface area contributed by atoms with Gasteiger partial charge in [-0.15, -0.1) is 0 Å². The maximum atomic E-state index is 9.67. The molecule has 2 saturated heterocycles. The number of hydrogen-bond donors (Lipinski definition) is 2. The van der Waals surface area contributed by atoms with E-state index in [-0.39, 0.29) is 0 Å². The quantitative estimate of drug-likeness (QED) is 0.886. The molecule has 0 radical (unpaired) electrons. The second-order valence-corrected chi connectivity index (χ2v) is 6.21. The summed E-state index contributed by atoms with van der Waals surface area (Å²) in [6.45, 7) is 5.51. The van der Waals surface area contributed by atoms with Crippen LogP contribution in [0.15, 0.2) is 18.2 Å². The fourth-order valence-corrected chi connectivity index (χ4v) is 3.66. The van der Waals surface area contributed by atoms with Gasteiger partial charge in [0.05, 0.1) is 7.11 Å². The number of aromatic hydroxyl groups is 1. The van der Waals surface area contributed by atoms with E-state index in [9.17, 15) is 5.11 Å². The molecule has 2 N–H and O–H groups in total. The molecule has 2 heterocycles. The third-order valence-corrected chi connectivity index (χ3v) is 4.84. The first kappa shape index (κ1) is 13.7. The molecule has 0 aromatic heterocycles. The van der Waals surface area contributed by atoms with Crippen molar-refractivity contribution in [1.82, 2.24) is 10.2 Å². The van der Waals surface area contributed by atoms with Crippen molar-refractivity contribution < 1.29 is 9.84 Å². The van der Waals surface area contributed by atoms with Gasteiger partial charge in [0.25, 0.3) is 0 Å². The van der Waals surface area contributed by atoms with Crippen LogP contribution in [0.2, 0.25) is 0 Å². The summed E-state index contributed by atoms with van der Waals surface area (Å²) in [5.41, 5.74) is 1.61. The summed E-state index contributed by atoms with van der Waals surface area (Å²) in [6, 6.07) is 5.36. The number of methoxy groups -OCH3 is 1. The number of phenols is 1. The molecule has 20 heavy (non-hydrogen) atoms. The van der Waals surface area contributed by atoms with Gasteiger partial charge in [-0.2, -0.15) is 0 Å². The van der Waals surface area contributed by atoms with Gasteiger partial charge in [0, 0.05) is 18.7 Å². The highest BCUT2D eigenvalue weighted by Gasteiger charge is 2.38. The van der Waals surface area contributed by atoms with Gasteiger partial charge in [0.1, 0.15) is 11.5 Å². The van der Waals surface area contributed by atoms with E-state index in [0.717, 1.165) is 37.5 Å². The summed E-state index contributed by atoms with van der Waals surface area (Å²) in [5.74, 6) is 1.19. The normalized spacial score (nSPS) is 22.2. The third kappa shape index (κ3) is 2.76. The summed E-state index contributed by atoms with van der Waals surface area (Å²) in [7, 11) is 1.69. The molecule has 0 amide bonds. The van der Waals surface area contributed by atoms with Gasteiger partial charge in [0.15, 0.2) is 0 Å². The molecule has 0 atom stereocenters. The topological polar surface area (TPSA) is 44.7 Å². The van der Waals surface area contributed by atoms with E-state index in [4.69, 9.17) is 4.74 Å². The summed E-state index contributed by atoms with van der Waals surface area (Å²) in [4.78, 5) is 2.50. The van der Waals surface area contributed by atoms with Crippen molar-refractivity contribution in [3.8, 4) is 11.5 Å². The Labute approximate surface area is 120 Å². The smallest absolute Gasteiger partial charge is 0.123 e. The molecule has 0 unspecified atom stereocenters. The molecule has 1 aromatic carbocycles. The van der Waals surface area contributed by atoms with Crippen LogP contribution in [-0.2, 0) is 6.54 Å². The van der Waals surface area contributed by atoms with Crippen LogP contribution in [0.5, 0.6) is 11.5 Å². The molecule has 3 rings (SSSR count). The number of benzene rings is 1. The molecule has 1 aromatic rings. The highest BCUT2D eigenvalue weighted by molar-refractivity contribution is 5.39. The Balaban J connectivity index is 1.68. The maximum Gasteiger partial charge on any atom is 0.123 e. The minimum Gasteiger partial charge on any atom is -0.508 e. The Morgan fingerprint density at radius 1 is 1.30 bits per heavy atom. The first-order valence-electron chi connectivity index (χ1n) is 7.50. The van der Waals surface area contributed by atoms with Gasteiger partial charge < -0.3 is 15.2 Å². The van der Waals surface area contributed by atoms with Gasteiger partial charge in [-0.25, -0.2) is 0 Å². The molecule has 110 valence electrons. The molecular weight excluding hydrogens is 252 g/mol. The molecule has 2 aliphatic heterocycles. The van der Waals surface area contributed by atoms with Gasteiger partial charge in [-0.05, 0) is 62.5 Å². The molecule has 4 heteroatoms. The van der Waals surface area contributed by atoms with E-state index >= 15 is 0 Å². The molecule has 0 aliphatic carbocycles. The Morgan fingerprint density at radius 3 is 2.85 bits per heavy atom. The van der Waals surface area contributed by atoms with Crippen LogP contribution in [0, 0.1) is 5.41 Å². The zero-order valence-corrected chi connectivity index (χ0v) is 12.2. The fourth-order valence-electron chi connectivity index (χ4n) is 3.66. The number of nitrogens with zero attached hydrogens (tertiary/aromatic N) is 1. The highest BCUT2D eigenvalue weighted by atomic mass is 16.5. The maximum absolute atomic E-state index is 9.67. The lowest BCUT2D eigenvalue weighted by Gasteiger charge is -2.34. The molecule has 0 bridgehead atoms. The van der Waals surface area contributed by atoms with E-state index in [1.54, 1.807) is 13.2 Å². The summed E-state index contributed by atoms with van der Waals surface area (Å²) >= 11 is 0. The monoisotopic (exact) mass is 276 g/mol.